The molecule has 0 atom stereocenters. The van der Waals surface area contributed by atoms with Crippen LogP contribution >= 0.6 is 0 Å². The highest BCUT2D eigenvalue weighted by Crippen LogP contribution is 2.44. The van der Waals surface area contributed by atoms with Gasteiger partial charge in [-0.25, -0.2) is 0 Å². The Balaban J connectivity index is 1.16. The number of furan rings is 1. The lowest BCUT2D eigenvalue weighted by Gasteiger charge is -2.26. The number of anilines is 3. The zero-order chi connectivity index (χ0) is 31.9. The number of aromatic nitrogens is 1. The van der Waals surface area contributed by atoms with Crippen molar-refractivity contribution in [1.82, 2.24) is 4.98 Å². The van der Waals surface area contributed by atoms with Gasteiger partial charge in [-0.3, -0.25) is 4.98 Å². The van der Waals surface area contributed by atoms with Gasteiger partial charge in [0.2, 0.25) is 0 Å². The average molecular weight is 615 g/mol. The van der Waals surface area contributed by atoms with Gasteiger partial charge in [0.1, 0.15) is 11.2 Å². The molecule has 0 radical (unpaired) electrons. The van der Waals surface area contributed by atoms with Crippen LogP contribution in [-0.2, 0) is 0 Å². The first kappa shape index (κ1) is 27.8. The van der Waals surface area contributed by atoms with Crippen LogP contribution in [0, 0.1) is 0 Å². The molecule has 9 aromatic rings. The van der Waals surface area contributed by atoms with Crippen LogP contribution in [0.15, 0.2) is 187 Å². The van der Waals surface area contributed by atoms with Crippen LogP contribution in [-0.4, -0.2) is 4.98 Å². The van der Waals surface area contributed by atoms with Gasteiger partial charge in [0.15, 0.2) is 0 Å². The summed E-state index contributed by atoms with van der Waals surface area (Å²) < 4.78 is 6.58. The summed E-state index contributed by atoms with van der Waals surface area (Å²) >= 11 is 0. The van der Waals surface area contributed by atoms with E-state index in [0.29, 0.717) is 0 Å². The Hall–Kier alpha value is -6.45. The summed E-state index contributed by atoms with van der Waals surface area (Å²) in [6, 6.07) is 59.9. The lowest BCUT2D eigenvalue weighted by Crippen LogP contribution is -2.09. The van der Waals surface area contributed by atoms with Gasteiger partial charge in [-0.05, 0) is 93.2 Å². The zero-order valence-electron chi connectivity index (χ0n) is 26.1. The van der Waals surface area contributed by atoms with Crippen molar-refractivity contribution in [3.63, 3.8) is 0 Å². The van der Waals surface area contributed by atoms with Crippen molar-refractivity contribution < 1.29 is 4.42 Å². The summed E-state index contributed by atoms with van der Waals surface area (Å²) in [4.78, 5) is 6.69. The van der Waals surface area contributed by atoms with Crippen LogP contribution in [0.2, 0.25) is 0 Å². The van der Waals surface area contributed by atoms with Gasteiger partial charge in [-0.2, -0.15) is 0 Å². The first-order valence-corrected chi connectivity index (χ1v) is 16.2. The highest BCUT2D eigenvalue weighted by Gasteiger charge is 2.19. The maximum Gasteiger partial charge on any atom is 0.136 e. The molecule has 0 aliphatic rings. The number of rotatable bonds is 6. The van der Waals surface area contributed by atoms with Gasteiger partial charge in [-0.15, -0.1) is 0 Å². The molecule has 0 amide bonds. The Bertz CT molecular complexity index is 2520. The molecule has 0 aliphatic heterocycles. The maximum absolute atomic E-state index is 6.58. The van der Waals surface area contributed by atoms with Crippen molar-refractivity contribution in [2.45, 2.75) is 0 Å². The molecule has 0 aliphatic carbocycles. The Morgan fingerprint density at radius 1 is 0.396 bits per heavy atom. The van der Waals surface area contributed by atoms with E-state index < -0.39 is 0 Å². The Morgan fingerprint density at radius 2 is 1.00 bits per heavy atom. The lowest BCUT2D eigenvalue weighted by atomic mass is 9.93. The third-order valence-corrected chi connectivity index (χ3v) is 9.16. The van der Waals surface area contributed by atoms with Gasteiger partial charge in [0.05, 0.1) is 0 Å². The fraction of sp³-hybridized carbons (Fsp3) is 0. The molecule has 3 nitrogen and oxygen atoms in total. The van der Waals surface area contributed by atoms with E-state index in [1.165, 1.54) is 21.9 Å². The third kappa shape index (κ3) is 4.81. The topological polar surface area (TPSA) is 29.3 Å². The summed E-state index contributed by atoms with van der Waals surface area (Å²) in [5.41, 5.74) is 11.9. The van der Waals surface area contributed by atoms with Crippen LogP contribution in [0.3, 0.4) is 0 Å². The van der Waals surface area contributed by atoms with E-state index in [0.717, 1.165) is 61.3 Å². The first-order chi connectivity index (χ1) is 23.8. The van der Waals surface area contributed by atoms with Crippen molar-refractivity contribution >= 4 is 49.8 Å². The fourth-order valence-electron chi connectivity index (χ4n) is 6.93. The Kier molecular flexibility index (Phi) is 6.80. The summed E-state index contributed by atoms with van der Waals surface area (Å²) in [5.74, 6) is 0. The molecule has 0 fully saturated rings. The number of nitrogens with zero attached hydrogens (tertiary/aromatic N) is 2. The molecule has 0 N–H and O–H groups in total. The maximum atomic E-state index is 6.58. The van der Waals surface area contributed by atoms with Gasteiger partial charge >= 0.3 is 0 Å². The predicted molar refractivity (Wildman–Crippen MR) is 200 cm³/mol. The number of hydrogen-bond donors (Lipinski definition) is 0. The second-order valence-corrected chi connectivity index (χ2v) is 12.0. The molecule has 2 heterocycles. The minimum atomic E-state index is 0.876. The summed E-state index contributed by atoms with van der Waals surface area (Å²) in [5, 5.41) is 4.62. The second kappa shape index (κ2) is 11.7. The average Bonchev–Trinajstić information content (AvgIpc) is 3.56. The minimum Gasteiger partial charge on any atom is -0.456 e. The molecule has 0 spiro atoms. The van der Waals surface area contributed by atoms with E-state index in [1.807, 2.05) is 18.5 Å². The van der Waals surface area contributed by atoms with E-state index in [4.69, 9.17) is 4.42 Å². The molecule has 2 aromatic heterocycles. The fourth-order valence-corrected chi connectivity index (χ4v) is 6.93. The summed E-state index contributed by atoms with van der Waals surface area (Å²) in [7, 11) is 0. The zero-order valence-corrected chi connectivity index (χ0v) is 26.1. The SMILES string of the molecule is c1ccc(-c2ccc(N(c3ccccc3)c3ccc(-c4cc5oc6cccc(-c7cccnc7)c6c5c5ccccc45)cc3)cc2)cc1. The third-order valence-electron chi connectivity index (χ3n) is 9.16. The highest BCUT2D eigenvalue weighted by atomic mass is 16.3. The van der Waals surface area contributed by atoms with E-state index in [2.05, 4.69) is 174 Å². The van der Waals surface area contributed by atoms with Crippen molar-refractivity contribution in [2.75, 3.05) is 4.90 Å². The van der Waals surface area contributed by atoms with Crippen LogP contribution in [0.25, 0.3) is 66.1 Å². The lowest BCUT2D eigenvalue weighted by molar-refractivity contribution is 0.669. The quantitative estimate of drug-likeness (QED) is 0.187. The molecule has 0 saturated heterocycles. The van der Waals surface area contributed by atoms with Gasteiger partial charge in [0.25, 0.3) is 0 Å². The normalized spacial score (nSPS) is 11.3. The number of para-hydroxylation sites is 1. The van der Waals surface area contributed by atoms with Gasteiger partial charge in [-0.1, -0.05) is 115 Å². The van der Waals surface area contributed by atoms with Crippen LogP contribution in [0.4, 0.5) is 17.1 Å². The molecule has 0 bridgehead atoms. The molecular weight excluding hydrogens is 585 g/mol. The van der Waals surface area contributed by atoms with Crippen molar-refractivity contribution in [2.24, 2.45) is 0 Å². The number of hydrogen-bond acceptors (Lipinski definition) is 3. The predicted octanol–water partition coefficient (Wildman–Crippen LogP) is 12.6. The Labute approximate surface area is 279 Å². The second-order valence-electron chi connectivity index (χ2n) is 12.0. The molecular formula is C45H30N2O. The van der Waals surface area contributed by atoms with Gasteiger partial charge in [0, 0.05) is 45.8 Å². The Morgan fingerprint density at radius 3 is 1.71 bits per heavy atom. The number of fused-ring (bicyclic) bond motifs is 5. The molecule has 226 valence electrons. The molecule has 0 saturated carbocycles. The highest BCUT2D eigenvalue weighted by molar-refractivity contribution is 6.25. The van der Waals surface area contributed by atoms with E-state index in [-0.39, 0.29) is 0 Å². The first-order valence-electron chi connectivity index (χ1n) is 16.2. The van der Waals surface area contributed by atoms with Gasteiger partial charge < -0.3 is 9.32 Å². The smallest absolute Gasteiger partial charge is 0.136 e. The molecule has 3 heteroatoms. The van der Waals surface area contributed by atoms with Crippen LogP contribution < -0.4 is 4.90 Å². The van der Waals surface area contributed by atoms with E-state index in [9.17, 15) is 0 Å². The number of benzene rings is 7. The monoisotopic (exact) mass is 614 g/mol. The van der Waals surface area contributed by atoms with E-state index >= 15 is 0 Å². The molecule has 0 unspecified atom stereocenters. The standard InChI is InChI=1S/C45H30N2O/c1-3-11-31(12-4-1)32-20-24-36(25-21-32)47(35-14-5-2-6-15-35)37-26-22-33(23-27-37)41-29-43-45(40-17-8-7-16-39(40)41)44-38(18-9-19-42(44)48-43)34-13-10-28-46-30-34/h1-30H. The molecule has 9 rings (SSSR count). The largest absolute Gasteiger partial charge is 0.456 e. The van der Waals surface area contributed by atoms with Crippen LogP contribution in [0.1, 0.15) is 0 Å². The summed E-state index contributed by atoms with van der Waals surface area (Å²) in [6.07, 6.45) is 3.73. The molecule has 7 aromatic carbocycles. The van der Waals surface area contributed by atoms with E-state index in [1.54, 1.807) is 0 Å². The van der Waals surface area contributed by atoms with Crippen molar-refractivity contribution in [3.05, 3.63) is 182 Å². The van der Waals surface area contributed by atoms with Crippen molar-refractivity contribution in [3.8, 4) is 33.4 Å². The molecule has 48 heavy (non-hydrogen) atoms. The number of pyridine rings is 1. The van der Waals surface area contributed by atoms with Crippen molar-refractivity contribution in [1.29, 1.82) is 0 Å². The summed E-state index contributed by atoms with van der Waals surface area (Å²) in [6.45, 7) is 0. The minimum absolute atomic E-state index is 0.876. The van der Waals surface area contributed by atoms with Crippen LogP contribution in [0.5, 0.6) is 0 Å².